The second kappa shape index (κ2) is 13.3. The van der Waals surface area contributed by atoms with Crippen molar-refractivity contribution in [2.45, 2.75) is 84.2 Å². The van der Waals surface area contributed by atoms with E-state index in [1.807, 2.05) is 45.0 Å². The van der Waals surface area contributed by atoms with Crippen LogP contribution in [0.4, 0.5) is 0 Å². The van der Waals surface area contributed by atoms with Crippen LogP contribution in [0.3, 0.4) is 0 Å². The van der Waals surface area contributed by atoms with Gasteiger partial charge in [-0.25, -0.2) is 0 Å². The first-order valence-electron chi connectivity index (χ1n) is 14.8. The second-order valence-corrected chi connectivity index (χ2v) is 12.7. The quantitative estimate of drug-likeness (QED) is 0.266. The lowest BCUT2D eigenvalue weighted by Gasteiger charge is -2.28. The number of hydrogen-bond acceptors (Lipinski definition) is 5. The monoisotopic (exact) mass is 565 g/mol. The highest BCUT2D eigenvalue weighted by atomic mass is 16.2. The molecule has 5 N–H and O–H groups in total. The van der Waals surface area contributed by atoms with Gasteiger partial charge in [-0.2, -0.15) is 0 Å². The molecule has 0 bridgehead atoms. The number of amides is 4. The van der Waals surface area contributed by atoms with Gasteiger partial charge in [-0.1, -0.05) is 71.1 Å². The van der Waals surface area contributed by atoms with Gasteiger partial charge in [-0.15, -0.1) is 0 Å². The van der Waals surface area contributed by atoms with Gasteiger partial charge in [-0.3, -0.25) is 24.0 Å². The molecule has 222 valence electrons. The van der Waals surface area contributed by atoms with Gasteiger partial charge in [-0.05, 0) is 42.7 Å². The molecule has 2 fully saturated rings. The van der Waals surface area contributed by atoms with Gasteiger partial charge in [0.1, 0.15) is 11.7 Å². The fraction of sp³-hybridized carbons (Fsp3) is 0.581. The summed E-state index contributed by atoms with van der Waals surface area (Å²) in [5.74, 6) is -2.96. The topological polar surface area (TPSA) is 149 Å². The highest BCUT2D eigenvalue weighted by Crippen LogP contribution is 2.28. The molecule has 1 unspecified atom stereocenters. The summed E-state index contributed by atoms with van der Waals surface area (Å²) in [7, 11) is 0. The Morgan fingerprint density at radius 2 is 1.68 bits per heavy atom. The van der Waals surface area contributed by atoms with E-state index in [1.165, 1.54) is 0 Å². The van der Waals surface area contributed by atoms with Crippen LogP contribution in [0, 0.1) is 17.3 Å². The van der Waals surface area contributed by atoms with E-state index < -0.39 is 41.5 Å². The number of fused-ring (bicyclic) bond motifs is 1. The number of nitrogens with one attached hydrogen (secondary N) is 5. The molecule has 2 aromatic rings. The average molecular weight is 566 g/mol. The predicted molar refractivity (Wildman–Crippen MR) is 156 cm³/mol. The summed E-state index contributed by atoms with van der Waals surface area (Å²) < 4.78 is 0. The third-order valence-electron chi connectivity index (χ3n) is 8.01. The first kappa shape index (κ1) is 30.3. The van der Waals surface area contributed by atoms with Crippen molar-refractivity contribution >= 4 is 40.3 Å². The number of ketones is 1. The number of para-hydroxylation sites is 1. The molecule has 2 aliphatic rings. The Balaban J connectivity index is 1.52. The van der Waals surface area contributed by atoms with Crippen molar-refractivity contribution in [3.05, 3.63) is 36.0 Å². The molecule has 10 nitrogen and oxygen atoms in total. The van der Waals surface area contributed by atoms with Crippen LogP contribution in [-0.2, 0) is 19.2 Å². The van der Waals surface area contributed by atoms with Gasteiger partial charge in [0.2, 0.25) is 17.6 Å². The number of Topliss-reactive ketones (excluding diaryl/α,β-unsaturated/α-hetero) is 1. The van der Waals surface area contributed by atoms with Crippen molar-refractivity contribution in [3.8, 4) is 0 Å². The number of hydrogen-bond donors (Lipinski definition) is 5. The summed E-state index contributed by atoms with van der Waals surface area (Å²) in [5.41, 5.74) is 0.912. The number of aromatic amines is 1. The Kier molecular flexibility index (Phi) is 9.83. The maximum atomic E-state index is 13.7. The van der Waals surface area contributed by atoms with Gasteiger partial charge >= 0.3 is 0 Å². The first-order valence-corrected chi connectivity index (χ1v) is 14.8. The largest absolute Gasteiger partial charge is 0.356 e. The van der Waals surface area contributed by atoms with Crippen LogP contribution in [0.25, 0.3) is 10.9 Å². The number of H-pyrrole nitrogens is 1. The second-order valence-electron chi connectivity index (χ2n) is 12.7. The fourth-order valence-electron chi connectivity index (χ4n) is 5.67. The van der Waals surface area contributed by atoms with Crippen LogP contribution in [0.2, 0.25) is 0 Å². The molecule has 1 saturated heterocycles. The molecule has 1 aromatic heterocycles. The maximum absolute atomic E-state index is 13.7. The first-order chi connectivity index (χ1) is 19.5. The van der Waals surface area contributed by atoms with Gasteiger partial charge in [0.15, 0.2) is 0 Å². The van der Waals surface area contributed by atoms with Crippen molar-refractivity contribution in [2.24, 2.45) is 17.3 Å². The SMILES string of the molecule is CC(C)(C)CNC(=O)C(=O)C(C[C@@H]1CCNC1=O)NC(=O)[C@H](CC1CCCCC1)NC(=O)c1cc2ccccc2[nH]1. The van der Waals surface area contributed by atoms with E-state index in [4.69, 9.17) is 0 Å². The van der Waals surface area contributed by atoms with Crippen molar-refractivity contribution in [3.63, 3.8) is 0 Å². The van der Waals surface area contributed by atoms with Crippen molar-refractivity contribution in [2.75, 3.05) is 13.1 Å². The molecular formula is C31H43N5O5. The zero-order valence-corrected chi connectivity index (χ0v) is 24.3. The Hall–Kier alpha value is -3.69. The lowest BCUT2D eigenvalue weighted by atomic mass is 9.84. The lowest BCUT2D eigenvalue weighted by Crippen LogP contribution is -2.55. The summed E-state index contributed by atoms with van der Waals surface area (Å²) in [4.78, 5) is 68.6. The van der Waals surface area contributed by atoms with E-state index in [1.54, 1.807) is 6.07 Å². The van der Waals surface area contributed by atoms with Crippen molar-refractivity contribution in [1.82, 2.24) is 26.3 Å². The summed E-state index contributed by atoms with van der Waals surface area (Å²) in [6.45, 7) is 6.58. The third-order valence-corrected chi connectivity index (χ3v) is 8.01. The molecule has 1 aromatic carbocycles. The number of aromatic nitrogens is 1. The van der Waals surface area contributed by atoms with Crippen LogP contribution in [0.5, 0.6) is 0 Å². The molecule has 4 rings (SSSR count). The zero-order chi connectivity index (χ0) is 29.6. The van der Waals surface area contributed by atoms with E-state index in [2.05, 4.69) is 26.3 Å². The predicted octanol–water partition coefficient (Wildman–Crippen LogP) is 2.98. The minimum Gasteiger partial charge on any atom is -0.356 e. The minimum absolute atomic E-state index is 0.0193. The number of rotatable bonds is 11. The molecular weight excluding hydrogens is 522 g/mol. The normalized spacial score (nSPS) is 19.3. The average Bonchev–Trinajstić information content (AvgIpc) is 3.56. The molecule has 4 amide bonds. The van der Waals surface area contributed by atoms with Crippen LogP contribution in [0.1, 0.15) is 82.6 Å². The van der Waals surface area contributed by atoms with Gasteiger partial charge in [0.25, 0.3) is 11.8 Å². The Bertz CT molecular complexity index is 1240. The summed E-state index contributed by atoms with van der Waals surface area (Å²) in [6.07, 6.45) is 6.19. The maximum Gasteiger partial charge on any atom is 0.289 e. The molecule has 1 aliphatic heterocycles. The molecule has 0 radical (unpaired) electrons. The van der Waals surface area contributed by atoms with Gasteiger partial charge in [0, 0.05) is 29.9 Å². The molecule has 0 spiro atoms. The van der Waals surface area contributed by atoms with Crippen LogP contribution in [-0.4, -0.2) is 59.6 Å². The minimum atomic E-state index is -1.19. The number of carbonyl (C=O) groups is 5. The van der Waals surface area contributed by atoms with Crippen LogP contribution < -0.4 is 21.3 Å². The molecule has 10 heteroatoms. The van der Waals surface area contributed by atoms with Crippen LogP contribution >= 0.6 is 0 Å². The highest BCUT2D eigenvalue weighted by molar-refractivity contribution is 6.38. The summed E-state index contributed by atoms with van der Waals surface area (Å²) in [5, 5.41) is 11.9. The molecule has 1 saturated carbocycles. The van der Waals surface area contributed by atoms with Crippen LogP contribution in [0.15, 0.2) is 30.3 Å². The van der Waals surface area contributed by atoms with E-state index in [0.29, 0.717) is 25.1 Å². The van der Waals surface area contributed by atoms with Crippen molar-refractivity contribution < 1.29 is 24.0 Å². The Morgan fingerprint density at radius 1 is 0.951 bits per heavy atom. The smallest absolute Gasteiger partial charge is 0.289 e. The molecule has 2 heterocycles. The Labute approximate surface area is 241 Å². The zero-order valence-electron chi connectivity index (χ0n) is 24.3. The number of benzene rings is 1. The fourth-order valence-corrected chi connectivity index (χ4v) is 5.67. The standard InChI is InChI=1S/C31H43N5O5/c1-31(2,3)18-33-30(41)26(37)23(17-21-13-14-32-27(21)38)35-28(39)24(15-19-9-5-4-6-10-19)36-29(40)25-16-20-11-7-8-12-22(20)34-25/h7-8,11-12,16,19,21,23-24,34H,4-6,9-10,13-15,17-18H2,1-3H3,(H,32,38)(H,33,41)(H,35,39)(H,36,40)/t21-,23?,24-/m0/s1. The van der Waals surface area contributed by atoms with E-state index in [0.717, 1.165) is 43.0 Å². The molecule has 3 atom stereocenters. The third kappa shape index (κ3) is 8.41. The summed E-state index contributed by atoms with van der Waals surface area (Å²) >= 11 is 0. The van der Waals surface area contributed by atoms with E-state index in [9.17, 15) is 24.0 Å². The Morgan fingerprint density at radius 3 is 2.34 bits per heavy atom. The highest BCUT2D eigenvalue weighted by Gasteiger charge is 2.36. The van der Waals surface area contributed by atoms with Crippen molar-refractivity contribution in [1.29, 1.82) is 0 Å². The lowest BCUT2D eigenvalue weighted by molar-refractivity contribution is -0.141. The molecule has 41 heavy (non-hydrogen) atoms. The number of carbonyl (C=O) groups excluding carboxylic acids is 5. The van der Waals surface area contributed by atoms with E-state index >= 15 is 0 Å². The van der Waals surface area contributed by atoms with E-state index in [-0.39, 0.29) is 30.2 Å². The van der Waals surface area contributed by atoms with Gasteiger partial charge in [0.05, 0.1) is 6.04 Å². The molecule has 1 aliphatic carbocycles. The van der Waals surface area contributed by atoms with Gasteiger partial charge < -0.3 is 26.3 Å². The summed E-state index contributed by atoms with van der Waals surface area (Å²) in [6, 6.07) is 7.19.